The third-order valence-corrected chi connectivity index (χ3v) is 6.31. The Morgan fingerprint density at radius 2 is 1.39 bits per heavy atom. The van der Waals surface area contributed by atoms with E-state index in [1.165, 1.54) is 0 Å². The van der Waals surface area contributed by atoms with E-state index in [4.69, 9.17) is 9.72 Å². The van der Waals surface area contributed by atoms with Gasteiger partial charge < -0.3 is 9.84 Å². The summed E-state index contributed by atoms with van der Waals surface area (Å²) < 4.78 is 10.5. The van der Waals surface area contributed by atoms with Gasteiger partial charge in [-0.15, -0.1) is 0 Å². The number of aromatic hydroxyl groups is 1. The lowest BCUT2D eigenvalue weighted by Crippen LogP contribution is -1.96. The maximum atomic E-state index is 10.2. The Balaban J connectivity index is 1.33. The maximum absolute atomic E-state index is 10.2. The van der Waals surface area contributed by atoms with Crippen LogP contribution in [0.2, 0.25) is 0 Å². The van der Waals surface area contributed by atoms with Crippen molar-refractivity contribution in [3.8, 4) is 34.3 Å². The predicted molar refractivity (Wildman–Crippen MR) is 141 cm³/mol. The van der Waals surface area contributed by atoms with Crippen LogP contribution in [0.1, 0.15) is 0 Å². The summed E-state index contributed by atoms with van der Waals surface area (Å²) in [4.78, 5) is 9.56. The average molecular weight is 469 g/mol. The summed E-state index contributed by atoms with van der Waals surface area (Å²) in [5, 5.41) is 10.2. The number of phenols is 1. The first-order chi connectivity index (χ1) is 17.8. The molecule has 0 saturated carbocycles. The molecule has 0 aliphatic rings. The monoisotopic (exact) mass is 468 g/mol. The van der Waals surface area contributed by atoms with Crippen LogP contribution in [0.15, 0.2) is 115 Å². The van der Waals surface area contributed by atoms with Crippen molar-refractivity contribution in [3.63, 3.8) is 0 Å². The van der Waals surface area contributed by atoms with E-state index in [9.17, 15) is 5.11 Å². The van der Waals surface area contributed by atoms with Crippen molar-refractivity contribution in [1.29, 1.82) is 0 Å². The first-order valence-electron chi connectivity index (χ1n) is 11.7. The molecule has 6 nitrogen and oxygen atoms in total. The van der Waals surface area contributed by atoms with E-state index >= 15 is 0 Å². The third-order valence-electron chi connectivity index (χ3n) is 6.31. The number of rotatable bonds is 4. The molecule has 7 rings (SSSR count). The van der Waals surface area contributed by atoms with Crippen LogP contribution in [0.4, 0.5) is 0 Å². The minimum absolute atomic E-state index is 0.180. The van der Waals surface area contributed by atoms with Crippen molar-refractivity contribution in [2.24, 2.45) is 0 Å². The average Bonchev–Trinajstić information content (AvgIpc) is 3.44. The molecule has 3 aromatic heterocycles. The second-order valence-corrected chi connectivity index (χ2v) is 8.54. The molecule has 172 valence electrons. The van der Waals surface area contributed by atoms with Gasteiger partial charge in [-0.2, -0.15) is 0 Å². The fourth-order valence-electron chi connectivity index (χ4n) is 4.72. The van der Waals surface area contributed by atoms with Crippen LogP contribution in [0.25, 0.3) is 44.8 Å². The van der Waals surface area contributed by atoms with Gasteiger partial charge in [-0.3, -0.25) is 8.97 Å². The maximum Gasteiger partial charge on any atom is 0.220 e. The zero-order chi connectivity index (χ0) is 24.1. The summed E-state index contributed by atoms with van der Waals surface area (Å²) in [6.07, 6.45) is 0. The molecule has 0 atom stereocenters. The fourth-order valence-corrected chi connectivity index (χ4v) is 4.72. The highest BCUT2D eigenvalue weighted by Crippen LogP contribution is 2.32. The van der Waals surface area contributed by atoms with Gasteiger partial charge in [0.2, 0.25) is 11.7 Å². The molecule has 4 aromatic carbocycles. The molecular formula is C30H20N4O2. The van der Waals surface area contributed by atoms with Gasteiger partial charge in [0, 0.05) is 17.7 Å². The number of para-hydroxylation sites is 5. The number of hydrogen-bond acceptors (Lipinski definition) is 4. The lowest BCUT2D eigenvalue weighted by Gasteiger charge is -2.10. The quantitative estimate of drug-likeness (QED) is 0.302. The van der Waals surface area contributed by atoms with Crippen molar-refractivity contribution in [1.82, 2.24) is 18.9 Å². The van der Waals surface area contributed by atoms with Crippen LogP contribution in [0, 0.1) is 0 Å². The molecule has 0 fully saturated rings. The molecule has 7 aromatic rings. The molecule has 36 heavy (non-hydrogen) atoms. The zero-order valence-corrected chi connectivity index (χ0v) is 19.1. The highest BCUT2D eigenvalue weighted by Gasteiger charge is 2.17. The highest BCUT2D eigenvalue weighted by molar-refractivity contribution is 5.92. The minimum atomic E-state index is 0.180. The Kier molecular flexibility index (Phi) is 4.50. The first-order valence-corrected chi connectivity index (χ1v) is 11.7. The number of hydrogen-bond donors (Lipinski definition) is 1. The van der Waals surface area contributed by atoms with E-state index in [-0.39, 0.29) is 5.75 Å². The van der Waals surface area contributed by atoms with Gasteiger partial charge in [-0.1, -0.05) is 48.5 Å². The Hall–Kier alpha value is -5.10. The second kappa shape index (κ2) is 7.99. The largest absolute Gasteiger partial charge is 0.507 e. The number of fused-ring (bicyclic) bond motifs is 5. The molecule has 0 aliphatic carbocycles. The van der Waals surface area contributed by atoms with E-state index in [2.05, 4.69) is 32.2 Å². The molecule has 0 amide bonds. The summed E-state index contributed by atoms with van der Waals surface area (Å²) in [5.74, 6) is 2.12. The SMILES string of the molecule is Oc1ccccc1-c1cccc(Oc2cccc(-n3c4ccccc4n4c5ccccc5nc34)c2)n1. The van der Waals surface area contributed by atoms with Crippen LogP contribution in [-0.2, 0) is 0 Å². The Labute approximate surface area is 206 Å². The first kappa shape index (κ1) is 20.3. The zero-order valence-electron chi connectivity index (χ0n) is 19.1. The van der Waals surface area contributed by atoms with E-state index in [0.29, 0.717) is 22.9 Å². The van der Waals surface area contributed by atoms with E-state index in [1.54, 1.807) is 18.2 Å². The molecule has 0 aliphatic heterocycles. The molecule has 0 saturated heterocycles. The summed E-state index contributed by atoms with van der Waals surface area (Å²) >= 11 is 0. The van der Waals surface area contributed by atoms with Crippen LogP contribution in [-0.4, -0.2) is 24.0 Å². The number of nitrogens with zero attached hydrogens (tertiary/aromatic N) is 4. The van der Waals surface area contributed by atoms with Gasteiger partial charge in [0.15, 0.2) is 0 Å². The smallest absolute Gasteiger partial charge is 0.220 e. The Bertz CT molecular complexity index is 1900. The second-order valence-electron chi connectivity index (χ2n) is 8.54. The topological polar surface area (TPSA) is 64.6 Å². The Morgan fingerprint density at radius 1 is 0.639 bits per heavy atom. The fraction of sp³-hybridized carbons (Fsp3) is 0. The third kappa shape index (κ3) is 3.20. The van der Waals surface area contributed by atoms with Crippen molar-refractivity contribution in [2.45, 2.75) is 0 Å². The number of pyridine rings is 1. The summed E-state index contributed by atoms with van der Waals surface area (Å²) in [6, 6.07) is 37.0. The highest BCUT2D eigenvalue weighted by atomic mass is 16.5. The van der Waals surface area contributed by atoms with Crippen LogP contribution in [0.5, 0.6) is 17.4 Å². The molecule has 3 heterocycles. The van der Waals surface area contributed by atoms with Crippen LogP contribution in [0.3, 0.4) is 0 Å². The van der Waals surface area contributed by atoms with Gasteiger partial charge in [0.1, 0.15) is 11.5 Å². The van der Waals surface area contributed by atoms with Gasteiger partial charge in [-0.05, 0) is 54.6 Å². The number of ether oxygens (including phenoxy) is 1. The van der Waals surface area contributed by atoms with E-state index in [0.717, 1.165) is 33.5 Å². The van der Waals surface area contributed by atoms with Crippen molar-refractivity contribution in [3.05, 3.63) is 115 Å². The number of imidazole rings is 2. The number of phenolic OH excluding ortho intramolecular Hbond substituents is 1. The molecule has 6 heteroatoms. The van der Waals surface area contributed by atoms with Crippen molar-refractivity contribution < 1.29 is 9.84 Å². The predicted octanol–water partition coefficient (Wildman–Crippen LogP) is 6.99. The normalized spacial score (nSPS) is 11.4. The van der Waals surface area contributed by atoms with E-state index < -0.39 is 0 Å². The number of aromatic nitrogens is 4. The Morgan fingerprint density at radius 3 is 2.28 bits per heavy atom. The number of benzene rings is 4. The summed E-state index contributed by atoms with van der Waals surface area (Å²) in [5.41, 5.74) is 6.40. The van der Waals surface area contributed by atoms with Gasteiger partial charge in [-0.25, -0.2) is 9.97 Å². The van der Waals surface area contributed by atoms with Gasteiger partial charge in [0.05, 0.1) is 33.4 Å². The molecule has 0 radical (unpaired) electrons. The van der Waals surface area contributed by atoms with E-state index in [1.807, 2.05) is 78.9 Å². The van der Waals surface area contributed by atoms with Crippen LogP contribution < -0.4 is 4.74 Å². The summed E-state index contributed by atoms with van der Waals surface area (Å²) in [7, 11) is 0. The van der Waals surface area contributed by atoms with Crippen molar-refractivity contribution >= 4 is 27.8 Å². The molecule has 0 bridgehead atoms. The molecule has 1 N–H and O–H groups in total. The van der Waals surface area contributed by atoms with Crippen LogP contribution >= 0.6 is 0 Å². The molecule has 0 spiro atoms. The molecular weight excluding hydrogens is 448 g/mol. The summed E-state index contributed by atoms with van der Waals surface area (Å²) in [6.45, 7) is 0. The standard InChI is InChI=1S/C30H20N4O2/c35-28-17-6-1-11-22(28)23-13-8-18-29(31-23)36-21-10-7-9-20(19-21)33-26-15-4-5-16-27(26)34-25-14-3-2-12-24(25)32-30(33)34/h1-19,35H. The van der Waals surface area contributed by atoms with Gasteiger partial charge in [0.25, 0.3) is 0 Å². The lowest BCUT2D eigenvalue weighted by molar-refractivity contribution is 0.462. The lowest BCUT2D eigenvalue weighted by atomic mass is 10.1. The van der Waals surface area contributed by atoms with Gasteiger partial charge >= 0.3 is 0 Å². The molecule has 0 unspecified atom stereocenters. The minimum Gasteiger partial charge on any atom is -0.507 e. The van der Waals surface area contributed by atoms with Crippen molar-refractivity contribution in [2.75, 3.05) is 0 Å².